The van der Waals surface area contributed by atoms with Gasteiger partial charge in [-0.25, -0.2) is 0 Å². The lowest BCUT2D eigenvalue weighted by atomic mass is 9.91. The summed E-state index contributed by atoms with van der Waals surface area (Å²) in [5.41, 5.74) is 0.267. The van der Waals surface area contributed by atoms with E-state index in [4.69, 9.17) is 0 Å². The number of amides is 1. The van der Waals surface area contributed by atoms with Gasteiger partial charge >= 0.3 is 0 Å². The molecule has 0 aliphatic carbocycles. The molecule has 20 heavy (non-hydrogen) atoms. The maximum Gasteiger partial charge on any atom is 0.229 e. The minimum atomic E-state index is -0.677. The first kappa shape index (κ1) is 17.1. The summed E-state index contributed by atoms with van der Waals surface area (Å²) in [6.45, 7) is 3.61. The smallest absolute Gasteiger partial charge is 0.229 e. The molecular formula is C15H22BrNO3. The van der Waals surface area contributed by atoms with E-state index in [-0.39, 0.29) is 25.0 Å². The predicted molar refractivity (Wildman–Crippen MR) is 82.5 cm³/mol. The van der Waals surface area contributed by atoms with Crippen LogP contribution in [0.5, 0.6) is 0 Å². The van der Waals surface area contributed by atoms with Gasteiger partial charge in [0.05, 0.1) is 19.1 Å². The number of aliphatic hydroxyl groups excluding tert-OH is 2. The van der Waals surface area contributed by atoms with Crippen LogP contribution in [0.4, 0.5) is 0 Å². The van der Waals surface area contributed by atoms with Gasteiger partial charge in [0.1, 0.15) is 0 Å². The van der Waals surface area contributed by atoms with E-state index in [2.05, 4.69) is 15.9 Å². The highest BCUT2D eigenvalue weighted by Gasteiger charge is 2.28. The third-order valence-electron chi connectivity index (χ3n) is 3.50. The summed E-state index contributed by atoms with van der Waals surface area (Å²) in [5, 5.41) is 18.6. The van der Waals surface area contributed by atoms with Crippen molar-refractivity contribution in [1.82, 2.24) is 4.90 Å². The summed E-state index contributed by atoms with van der Waals surface area (Å²) in [6, 6.07) is 7.64. The molecule has 0 bridgehead atoms. The van der Waals surface area contributed by atoms with Gasteiger partial charge in [-0.05, 0) is 24.6 Å². The number of nitrogens with zero attached hydrogens (tertiary/aromatic N) is 1. The van der Waals surface area contributed by atoms with Crippen molar-refractivity contribution >= 4 is 21.8 Å². The molecule has 0 fully saturated rings. The topological polar surface area (TPSA) is 60.8 Å². The van der Waals surface area contributed by atoms with Gasteiger partial charge in [0, 0.05) is 23.5 Å². The summed E-state index contributed by atoms with van der Waals surface area (Å²) >= 11 is 3.37. The molecule has 1 aromatic rings. The third kappa shape index (κ3) is 4.30. The van der Waals surface area contributed by atoms with Crippen LogP contribution in [0.1, 0.15) is 25.3 Å². The molecule has 0 unspecified atom stereocenters. The lowest BCUT2D eigenvalue weighted by Gasteiger charge is -2.31. The van der Waals surface area contributed by atoms with E-state index in [0.717, 1.165) is 10.0 Å². The molecule has 4 nitrogen and oxygen atoms in total. The van der Waals surface area contributed by atoms with Crippen LogP contribution in [-0.2, 0) is 4.79 Å². The number of rotatable bonds is 6. The molecule has 0 aromatic heterocycles. The SMILES string of the molecule is C[C@@H](C(=O)N(C)CC(C)(CO)CO)c1ccc(Br)cc1. The molecule has 0 aliphatic heterocycles. The molecule has 0 aliphatic rings. The largest absolute Gasteiger partial charge is 0.396 e. The van der Waals surface area contributed by atoms with Crippen LogP contribution in [0.25, 0.3) is 0 Å². The van der Waals surface area contributed by atoms with Gasteiger partial charge in [0.2, 0.25) is 5.91 Å². The minimum absolute atomic E-state index is 0.0274. The second-order valence-corrected chi connectivity index (χ2v) is 6.51. The first-order chi connectivity index (χ1) is 9.33. The van der Waals surface area contributed by atoms with Crippen LogP contribution in [0.2, 0.25) is 0 Å². The molecule has 0 spiro atoms. The molecule has 1 atom stereocenters. The van der Waals surface area contributed by atoms with E-state index in [1.165, 1.54) is 0 Å². The summed E-state index contributed by atoms with van der Waals surface area (Å²) in [4.78, 5) is 14.0. The summed E-state index contributed by atoms with van der Waals surface area (Å²) in [7, 11) is 1.70. The Balaban J connectivity index is 2.76. The maximum absolute atomic E-state index is 12.4. The Labute approximate surface area is 128 Å². The van der Waals surface area contributed by atoms with Gasteiger partial charge in [0.25, 0.3) is 0 Å². The van der Waals surface area contributed by atoms with Gasteiger partial charge in [0.15, 0.2) is 0 Å². The fourth-order valence-electron chi connectivity index (χ4n) is 2.03. The molecule has 5 heteroatoms. The predicted octanol–water partition coefficient (Wildman–Crippen LogP) is 2.00. The first-order valence-electron chi connectivity index (χ1n) is 6.55. The number of halogens is 1. The first-order valence-corrected chi connectivity index (χ1v) is 7.34. The highest BCUT2D eigenvalue weighted by Crippen LogP contribution is 2.22. The number of carbonyl (C=O) groups excluding carboxylic acids is 1. The van der Waals surface area contributed by atoms with Crippen molar-refractivity contribution in [2.24, 2.45) is 5.41 Å². The monoisotopic (exact) mass is 343 g/mol. The van der Waals surface area contributed by atoms with Crippen molar-refractivity contribution in [3.63, 3.8) is 0 Å². The molecule has 2 N–H and O–H groups in total. The summed E-state index contributed by atoms with van der Waals surface area (Å²) in [5.74, 6) is -0.282. The average molecular weight is 344 g/mol. The Hall–Kier alpha value is -0.910. The van der Waals surface area contributed by atoms with E-state index in [1.54, 1.807) is 18.9 Å². The third-order valence-corrected chi connectivity index (χ3v) is 4.03. The van der Waals surface area contributed by atoms with Crippen LogP contribution in [-0.4, -0.2) is 47.8 Å². The number of likely N-dealkylation sites (N-methyl/N-ethyl adjacent to an activating group) is 1. The molecule has 112 valence electrons. The Bertz CT molecular complexity index is 443. The quantitative estimate of drug-likeness (QED) is 0.830. The number of benzene rings is 1. The summed E-state index contributed by atoms with van der Waals surface area (Å²) in [6.07, 6.45) is 0. The fourth-order valence-corrected chi connectivity index (χ4v) is 2.29. The van der Waals surface area contributed by atoms with E-state index in [0.29, 0.717) is 6.54 Å². The molecule has 0 saturated heterocycles. The van der Waals surface area contributed by atoms with E-state index in [1.807, 2.05) is 31.2 Å². The van der Waals surface area contributed by atoms with Crippen LogP contribution in [0.3, 0.4) is 0 Å². The van der Waals surface area contributed by atoms with Crippen molar-refractivity contribution in [2.45, 2.75) is 19.8 Å². The zero-order valence-electron chi connectivity index (χ0n) is 12.1. The van der Waals surface area contributed by atoms with Crippen molar-refractivity contribution in [1.29, 1.82) is 0 Å². The van der Waals surface area contributed by atoms with E-state index in [9.17, 15) is 15.0 Å². The zero-order chi connectivity index (χ0) is 15.3. The van der Waals surface area contributed by atoms with Crippen molar-refractivity contribution in [3.8, 4) is 0 Å². The average Bonchev–Trinajstić information content (AvgIpc) is 2.46. The molecule has 1 amide bonds. The Morgan fingerprint density at radius 2 is 1.80 bits per heavy atom. The second-order valence-electron chi connectivity index (χ2n) is 5.59. The van der Waals surface area contributed by atoms with E-state index < -0.39 is 5.41 Å². The Morgan fingerprint density at radius 3 is 2.25 bits per heavy atom. The number of hydrogen-bond acceptors (Lipinski definition) is 3. The molecule has 0 radical (unpaired) electrons. The molecular weight excluding hydrogens is 322 g/mol. The lowest BCUT2D eigenvalue weighted by molar-refractivity contribution is -0.133. The highest BCUT2D eigenvalue weighted by molar-refractivity contribution is 9.10. The maximum atomic E-state index is 12.4. The highest BCUT2D eigenvalue weighted by atomic mass is 79.9. The van der Waals surface area contributed by atoms with Gasteiger partial charge in [-0.15, -0.1) is 0 Å². The number of aliphatic hydroxyl groups is 2. The van der Waals surface area contributed by atoms with Gasteiger partial charge in [-0.1, -0.05) is 35.0 Å². The standard InChI is InChI=1S/C15H22BrNO3/c1-11(12-4-6-13(16)7-5-12)14(20)17(3)8-15(2,9-18)10-19/h4-7,11,18-19H,8-10H2,1-3H3/t11-/m1/s1. The van der Waals surface area contributed by atoms with Crippen LogP contribution in [0.15, 0.2) is 28.7 Å². The van der Waals surface area contributed by atoms with Gasteiger partial charge < -0.3 is 15.1 Å². The van der Waals surface area contributed by atoms with Crippen molar-refractivity contribution < 1.29 is 15.0 Å². The van der Waals surface area contributed by atoms with Crippen LogP contribution < -0.4 is 0 Å². The minimum Gasteiger partial charge on any atom is -0.396 e. The second kappa shape index (κ2) is 7.20. The zero-order valence-corrected chi connectivity index (χ0v) is 13.7. The van der Waals surface area contributed by atoms with Crippen molar-refractivity contribution in [2.75, 3.05) is 26.8 Å². The molecule has 1 rings (SSSR count). The Kier molecular flexibility index (Phi) is 6.17. The normalized spacial score (nSPS) is 13.1. The molecule has 0 saturated carbocycles. The van der Waals surface area contributed by atoms with E-state index >= 15 is 0 Å². The number of hydrogen-bond donors (Lipinski definition) is 2. The lowest BCUT2D eigenvalue weighted by Crippen LogP contribution is -2.43. The molecule has 0 heterocycles. The van der Waals surface area contributed by atoms with Crippen LogP contribution >= 0.6 is 15.9 Å². The Morgan fingerprint density at radius 1 is 1.30 bits per heavy atom. The summed E-state index contributed by atoms with van der Waals surface area (Å²) < 4.78 is 0.974. The van der Waals surface area contributed by atoms with Gasteiger partial charge in [-0.3, -0.25) is 4.79 Å². The fraction of sp³-hybridized carbons (Fsp3) is 0.533. The van der Waals surface area contributed by atoms with Gasteiger partial charge in [-0.2, -0.15) is 0 Å². The van der Waals surface area contributed by atoms with Crippen molar-refractivity contribution in [3.05, 3.63) is 34.3 Å². The number of carbonyl (C=O) groups is 1. The molecule has 1 aromatic carbocycles. The van der Waals surface area contributed by atoms with Crippen LogP contribution in [0, 0.1) is 5.41 Å².